The van der Waals surface area contributed by atoms with Gasteiger partial charge in [-0.3, -0.25) is 9.89 Å². The molecule has 2 heterocycles. The van der Waals surface area contributed by atoms with E-state index < -0.39 is 0 Å². The molecule has 26 heavy (non-hydrogen) atoms. The minimum Gasteiger partial charge on any atom is -0.338 e. The summed E-state index contributed by atoms with van der Waals surface area (Å²) < 4.78 is 0. The number of hydrogen-bond donors (Lipinski definition) is 1. The SMILES string of the molecule is CC1(C)C[C@@H]2C[C@@](C)(CN2C(=O)CSc2n[nH]c(-c3ccccc3)n2)C1. The van der Waals surface area contributed by atoms with E-state index in [1.165, 1.54) is 18.2 Å². The molecule has 5 nitrogen and oxygen atoms in total. The first kappa shape index (κ1) is 17.6. The second kappa shape index (κ2) is 6.41. The molecule has 1 saturated carbocycles. The number of H-pyrrole nitrogens is 1. The summed E-state index contributed by atoms with van der Waals surface area (Å²) in [6.07, 6.45) is 3.46. The summed E-state index contributed by atoms with van der Waals surface area (Å²) in [4.78, 5) is 19.5. The van der Waals surface area contributed by atoms with E-state index >= 15 is 0 Å². The summed E-state index contributed by atoms with van der Waals surface area (Å²) in [6, 6.07) is 10.3. The molecule has 1 aromatic heterocycles. The zero-order valence-electron chi connectivity index (χ0n) is 15.7. The molecule has 138 valence electrons. The van der Waals surface area contributed by atoms with E-state index in [4.69, 9.17) is 0 Å². The van der Waals surface area contributed by atoms with Gasteiger partial charge in [0.15, 0.2) is 5.82 Å². The van der Waals surface area contributed by atoms with Crippen molar-refractivity contribution in [3.8, 4) is 11.4 Å². The summed E-state index contributed by atoms with van der Waals surface area (Å²) in [5.41, 5.74) is 1.60. The average Bonchev–Trinajstić information content (AvgIpc) is 3.15. The molecule has 0 spiro atoms. The normalized spacial score (nSPS) is 26.9. The van der Waals surface area contributed by atoms with Crippen molar-refractivity contribution in [1.29, 1.82) is 0 Å². The molecule has 2 aliphatic rings. The third-order valence-corrected chi connectivity index (χ3v) is 6.40. The number of amides is 1. The minimum absolute atomic E-state index is 0.215. The number of benzene rings is 1. The fourth-order valence-corrected chi connectivity index (χ4v) is 5.68. The zero-order chi connectivity index (χ0) is 18.4. The number of thioether (sulfide) groups is 1. The molecule has 2 bridgehead atoms. The number of likely N-dealkylation sites (tertiary alicyclic amines) is 1. The van der Waals surface area contributed by atoms with Gasteiger partial charge >= 0.3 is 0 Å². The van der Waals surface area contributed by atoms with Crippen molar-refractivity contribution in [2.45, 2.75) is 51.2 Å². The first-order valence-electron chi connectivity index (χ1n) is 9.24. The number of aromatic amines is 1. The van der Waals surface area contributed by atoms with Crippen molar-refractivity contribution in [3.05, 3.63) is 30.3 Å². The highest BCUT2D eigenvalue weighted by Crippen LogP contribution is 2.52. The molecule has 0 radical (unpaired) electrons. The van der Waals surface area contributed by atoms with Gasteiger partial charge in [-0.25, -0.2) is 4.98 Å². The van der Waals surface area contributed by atoms with Crippen LogP contribution in [-0.4, -0.2) is 44.3 Å². The highest BCUT2D eigenvalue weighted by Gasteiger charge is 2.50. The number of carbonyl (C=O) groups excluding carboxylic acids is 1. The van der Waals surface area contributed by atoms with Gasteiger partial charge < -0.3 is 4.90 Å². The molecule has 1 amide bonds. The lowest BCUT2D eigenvalue weighted by molar-refractivity contribution is -0.129. The van der Waals surface area contributed by atoms with Gasteiger partial charge in [-0.05, 0) is 30.1 Å². The van der Waals surface area contributed by atoms with Gasteiger partial charge in [0, 0.05) is 18.2 Å². The smallest absolute Gasteiger partial charge is 0.233 e. The van der Waals surface area contributed by atoms with Crippen LogP contribution in [0.15, 0.2) is 35.5 Å². The van der Waals surface area contributed by atoms with Crippen molar-refractivity contribution < 1.29 is 4.79 Å². The molecule has 1 N–H and O–H groups in total. The molecular formula is C20H26N4OS. The Morgan fingerprint density at radius 3 is 2.81 bits per heavy atom. The number of hydrogen-bond acceptors (Lipinski definition) is 4. The zero-order valence-corrected chi connectivity index (χ0v) is 16.5. The maximum atomic E-state index is 12.8. The summed E-state index contributed by atoms with van der Waals surface area (Å²) in [5, 5.41) is 7.84. The van der Waals surface area contributed by atoms with Crippen molar-refractivity contribution in [3.63, 3.8) is 0 Å². The third-order valence-electron chi connectivity index (χ3n) is 5.57. The van der Waals surface area contributed by atoms with E-state index in [1.54, 1.807) is 0 Å². The van der Waals surface area contributed by atoms with E-state index in [-0.39, 0.29) is 11.3 Å². The topological polar surface area (TPSA) is 61.9 Å². The lowest BCUT2D eigenvalue weighted by atomic mass is 9.65. The first-order chi connectivity index (χ1) is 12.3. The molecule has 2 aromatic rings. The van der Waals surface area contributed by atoms with Crippen LogP contribution in [-0.2, 0) is 4.79 Å². The lowest BCUT2D eigenvalue weighted by Crippen LogP contribution is -2.38. The van der Waals surface area contributed by atoms with E-state index in [2.05, 4.69) is 40.9 Å². The molecule has 1 aliphatic heterocycles. The first-order valence-corrected chi connectivity index (χ1v) is 10.2. The Morgan fingerprint density at radius 2 is 2.04 bits per heavy atom. The minimum atomic E-state index is 0.215. The second-order valence-corrected chi connectivity index (χ2v) is 9.80. The summed E-state index contributed by atoms with van der Waals surface area (Å²) in [7, 11) is 0. The number of carbonyl (C=O) groups is 1. The van der Waals surface area contributed by atoms with Crippen LogP contribution in [0.25, 0.3) is 11.4 Å². The molecule has 1 aliphatic carbocycles. The summed E-state index contributed by atoms with van der Waals surface area (Å²) in [5.74, 6) is 1.36. The van der Waals surface area contributed by atoms with Crippen molar-refractivity contribution in [2.24, 2.45) is 10.8 Å². The number of fused-ring (bicyclic) bond motifs is 2. The van der Waals surface area contributed by atoms with Gasteiger partial charge in [0.25, 0.3) is 0 Å². The van der Waals surface area contributed by atoms with Crippen LogP contribution in [0.1, 0.15) is 40.0 Å². The van der Waals surface area contributed by atoms with Crippen molar-refractivity contribution in [2.75, 3.05) is 12.3 Å². The molecule has 6 heteroatoms. The standard InChI is InChI=1S/C20H26N4OS/c1-19(2)9-15-10-20(3,12-19)13-24(15)16(25)11-26-18-21-17(22-23-18)14-7-5-4-6-8-14/h4-8,15H,9-13H2,1-3H3,(H,21,22,23)/t15-,20-/m1/s1. The molecule has 2 atom stereocenters. The number of nitrogens with zero attached hydrogens (tertiary/aromatic N) is 3. The number of nitrogens with one attached hydrogen (secondary N) is 1. The van der Waals surface area contributed by atoms with Crippen LogP contribution < -0.4 is 0 Å². The summed E-state index contributed by atoms with van der Waals surface area (Å²) in [6.45, 7) is 7.89. The quantitative estimate of drug-likeness (QED) is 0.827. The molecule has 1 saturated heterocycles. The van der Waals surface area contributed by atoms with Crippen LogP contribution in [0, 0.1) is 10.8 Å². The maximum absolute atomic E-state index is 12.8. The maximum Gasteiger partial charge on any atom is 0.233 e. The van der Waals surface area contributed by atoms with Gasteiger partial charge in [0.2, 0.25) is 11.1 Å². The Bertz CT molecular complexity index is 803. The number of rotatable bonds is 4. The van der Waals surface area contributed by atoms with Crippen LogP contribution >= 0.6 is 11.8 Å². The molecular weight excluding hydrogens is 344 g/mol. The predicted molar refractivity (Wildman–Crippen MR) is 104 cm³/mol. The van der Waals surface area contributed by atoms with Gasteiger partial charge in [-0.1, -0.05) is 62.9 Å². The predicted octanol–water partition coefficient (Wildman–Crippen LogP) is 3.99. The van der Waals surface area contributed by atoms with E-state index in [1.807, 2.05) is 30.3 Å². The van der Waals surface area contributed by atoms with Crippen LogP contribution in [0.2, 0.25) is 0 Å². The Hall–Kier alpha value is -1.82. The highest BCUT2D eigenvalue weighted by molar-refractivity contribution is 7.99. The second-order valence-electron chi connectivity index (χ2n) is 8.86. The van der Waals surface area contributed by atoms with Crippen molar-refractivity contribution in [1.82, 2.24) is 20.1 Å². The fourth-order valence-electron chi connectivity index (χ4n) is 5.00. The van der Waals surface area contributed by atoms with Gasteiger partial charge in [0.1, 0.15) is 0 Å². The largest absolute Gasteiger partial charge is 0.338 e. The fraction of sp³-hybridized carbons (Fsp3) is 0.550. The van der Waals surface area contributed by atoms with E-state index in [0.717, 1.165) is 30.8 Å². The van der Waals surface area contributed by atoms with E-state index in [9.17, 15) is 4.79 Å². The van der Waals surface area contributed by atoms with Crippen LogP contribution in [0.3, 0.4) is 0 Å². The summed E-state index contributed by atoms with van der Waals surface area (Å²) >= 11 is 1.42. The monoisotopic (exact) mass is 370 g/mol. The van der Waals surface area contributed by atoms with Crippen LogP contribution in [0.4, 0.5) is 0 Å². The van der Waals surface area contributed by atoms with Gasteiger partial charge in [-0.15, -0.1) is 5.10 Å². The van der Waals surface area contributed by atoms with Gasteiger partial charge in [-0.2, -0.15) is 0 Å². The lowest BCUT2D eigenvalue weighted by Gasteiger charge is -2.39. The van der Waals surface area contributed by atoms with Crippen LogP contribution in [0.5, 0.6) is 0 Å². The Balaban J connectivity index is 1.39. The van der Waals surface area contributed by atoms with Gasteiger partial charge in [0.05, 0.1) is 5.75 Å². The average molecular weight is 371 g/mol. The molecule has 1 aromatic carbocycles. The highest BCUT2D eigenvalue weighted by atomic mass is 32.2. The Labute approximate surface area is 159 Å². The molecule has 0 unspecified atom stereocenters. The Kier molecular flexibility index (Phi) is 4.34. The van der Waals surface area contributed by atoms with E-state index in [0.29, 0.717) is 22.4 Å². The van der Waals surface area contributed by atoms with Crippen molar-refractivity contribution >= 4 is 17.7 Å². The third kappa shape index (κ3) is 3.52. The number of aromatic nitrogens is 3. The Morgan fingerprint density at radius 1 is 1.27 bits per heavy atom. The molecule has 2 fully saturated rings. The molecule has 4 rings (SSSR count).